The van der Waals surface area contributed by atoms with Gasteiger partial charge in [0.25, 0.3) is 0 Å². The summed E-state index contributed by atoms with van der Waals surface area (Å²) >= 11 is 1.69. The minimum Gasteiger partial charge on any atom is -0.354 e. The lowest BCUT2D eigenvalue weighted by Gasteiger charge is -2.36. The molecule has 3 rings (SSSR count). The zero-order chi connectivity index (χ0) is 22.6. The van der Waals surface area contributed by atoms with Crippen LogP contribution in [0.2, 0.25) is 0 Å². The zero-order valence-electron chi connectivity index (χ0n) is 18.8. The molecule has 1 aliphatic rings. The number of hydrogen-bond acceptors (Lipinski definition) is 5. The van der Waals surface area contributed by atoms with Crippen LogP contribution in [0, 0.1) is 0 Å². The average molecular weight is 464 g/mol. The largest absolute Gasteiger partial charge is 0.354 e. The molecule has 0 spiro atoms. The molecule has 170 valence electrons. The molecule has 1 atom stereocenters. The van der Waals surface area contributed by atoms with Gasteiger partial charge in [0.05, 0.1) is 10.9 Å². The maximum Gasteiger partial charge on any atom is 0.243 e. The normalized spacial score (nSPS) is 17.4. The summed E-state index contributed by atoms with van der Waals surface area (Å²) in [5.74, 6) is -0.00867. The monoisotopic (exact) mass is 463 g/mol. The Bertz CT molecular complexity index is 956. The number of piperazine rings is 1. The molecule has 1 fully saturated rings. The Morgan fingerprint density at radius 1 is 1.10 bits per heavy atom. The predicted molar refractivity (Wildman–Crippen MR) is 126 cm³/mol. The van der Waals surface area contributed by atoms with E-state index in [2.05, 4.69) is 37.1 Å². The van der Waals surface area contributed by atoms with Crippen LogP contribution in [0.1, 0.15) is 38.1 Å². The van der Waals surface area contributed by atoms with Gasteiger partial charge in [0.15, 0.2) is 0 Å². The quantitative estimate of drug-likeness (QED) is 0.685. The second kappa shape index (κ2) is 9.81. The van der Waals surface area contributed by atoms with Gasteiger partial charge in [0.1, 0.15) is 0 Å². The van der Waals surface area contributed by atoms with Crippen LogP contribution < -0.4 is 5.32 Å². The Morgan fingerprint density at radius 3 is 2.29 bits per heavy atom. The number of nitrogens with zero attached hydrogens (tertiary/aromatic N) is 2. The fraction of sp³-hybridized carbons (Fsp3) is 0.522. The van der Waals surface area contributed by atoms with E-state index < -0.39 is 10.0 Å². The number of sulfonamides is 1. The van der Waals surface area contributed by atoms with Crippen LogP contribution in [0.25, 0.3) is 0 Å². The molecule has 1 unspecified atom stereocenters. The van der Waals surface area contributed by atoms with Crippen LogP contribution in [0.4, 0.5) is 0 Å². The number of thiophene rings is 1. The molecule has 2 heterocycles. The maximum atomic E-state index is 13.0. The molecule has 0 saturated carbocycles. The van der Waals surface area contributed by atoms with Crippen LogP contribution in [0.5, 0.6) is 0 Å². The number of rotatable bonds is 7. The fourth-order valence-corrected chi connectivity index (χ4v) is 5.82. The first-order valence-electron chi connectivity index (χ1n) is 10.7. The molecule has 0 aliphatic carbocycles. The molecule has 8 heteroatoms. The summed E-state index contributed by atoms with van der Waals surface area (Å²) in [7, 11) is -3.53. The van der Waals surface area contributed by atoms with E-state index in [-0.39, 0.29) is 17.4 Å². The Kier molecular flexibility index (Phi) is 7.57. The minimum atomic E-state index is -3.53. The van der Waals surface area contributed by atoms with Crippen LogP contribution in [0.3, 0.4) is 0 Å². The number of carbonyl (C=O) groups is 1. The molecular formula is C23H33N3O3S2. The van der Waals surface area contributed by atoms with Crippen LogP contribution in [0.15, 0.2) is 46.7 Å². The van der Waals surface area contributed by atoms with Crippen molar-refractivity contribution in [2.75, 3.05) is 32.7 Å². The van der Waals surface area contributed by atoms with Gasteiger partial charge in [-0.15, -0.1) is 11.3 Å². The fourth-order valence-electron chi connectivity index (χ4n) is 3.68. The summed E-state index contributed by atoms with van der Waals surface area (Å²) in [6.07, 6.45) is 0.830. The number of hydrogen-bond donors (Lipinski definition) is 1. The van der Waals surface area contributed by atoms with Crippen molar-refractivity contribution in [2.24, 2.45) is 0 Å². The molecule has 1 N–H and O–H groups in total. The highest BCUT2D eigenvalue weighted by Gasteiger charge is 2.32. The van der Waals surface area contributed by atoms with Crippen molar-refractivity contribution in [3.05, 3.63) is 52.2 Å². The predicted octanol–water partition coefficient (Wildman–Crippen LogP) is 3.10. The standard InChI is InChI=1S/C23H33N3O3S2/c1-18(22(27)24-12-11-20-6-5-17-30-20)25-13-15-26(16-14-25)31(28,29)21-9-7-19(8-10-21)23(2,3)4/h5-10,17-18H,11-16H2,1-4H3,(H,24,27). The second-order valence-electron chi connectivity index (χ2n) is 9.01. The van der Waals surface area contributed by atoms with Gasteiger partial charge in [-0.2, -0.15) is 4.31 Å². The van der Waals surface area contributed by atoms with Crippen molar-refractivity contribution in [1.29, 1.82) is 0 Å². The van der Waals surface area contributed by atoms with Gasteiger partial charge in [-0.25, -0.2) is 8.42 Å². The van der Waals surface area contributed by atoms with E-state index in [1.54, 1.807) is 23.5 Å². The van der Waals surface area contributed by atoms with E-state index in [0.29, 0.717) is 37.6 Å². The number of benzene rings is 1. The Morgan fingerprint density at radius 2 is 1.74 bits per heavy atom. The maximum absolute atomic E-state index is 13.0. The minimum absolute atomic E-state index is 0.00867. The SMILES string of the molecule is CC(C(=O)NCCc1cccs1)N1CCN(S(=O)(=O)c2ccc(C(C)(C)C)cc2)CC1. The molecule has 0 bridgehead atoms. The van der Waals surface area contributed by atoms with E-state index >= 15 is 0 Å². The van der Waals surface area contributed by atoms with Crippen LogP contribution in [-0.4, -0.2) is 62.3 Å². The lowest BCUT2D eigenvalue weighted by molar-refractivity contribution is -0.126. The van der Waals surface area contributed by atoms with Gasteiger partial charge >= 0.3 is 0 Å². The van der Waals surface area contributed by atoms with E-state index in [9.17, 15) is 13.2 Å². The lowest BCUT2D eigenvalue weighted by Crippen LogP contribution is -2.55. The molecule has 1 amide bonds. The first kappa shape index (κ1) is 23.9. The average Bonchev–Trinajstić information content (AvgIpc) is 3.26. The molecule has 1 saturated heterocycles. The van der Waals surface area contributed by atoms with Crippen molar-refractivity contribution in [3.8, 4) is 0 Å². The number of carbonyl (C=O) groups excluding carboxylic acids is 1. The summed E-state index contributed by atoms with van der Waals surface area (Å²) in [5.41, 5.74) is 1.09. The van der Waals surface area contributed by atoms with Gasteiger partial charge < -0.3 is 5.32 Å². The van der Waals surface area contributed by atoms with Gasteiger partial charge in [-0.3, -0.25) is 9.69 Å². The highest BCUT2D eigenvalue weighted by Crippen LogP contribution is 2.25. The third-order valence-corrected chi connectivity index (χ3v) is 8.66. The molecular weight excluding hydrogens is 430 g/mol. The third-order valence-electron chi connectivity index (χ3n) is 5.81. The van der Waals surface area contributed by atoms with Crippen molar-refractivity contribution in [2.45, 2.75) is 50.5 Å². The first-order valence-corrected chi connectivity index (χ1v) is 13.1. The molecule has 1 aromatic heterocycles. The van der Waals surface area contributed by atoms with Gasteiger partial charge in [0.2, 0.25) is 15.9 Å². The summed E-state index contributed by atoms with van der Waals surface area (Å²) in [5, 5.41) is 5.03. The van der Waals surface area contributed by atoms with Gasteiger partial charge in [-0.05, 0) is 47.9 Å². The Labute approximate surface area is 190 Å². The second-order valence-corrected chi connectivity index (χ2v) is 12.0. The molecule has 2 aromatic rings. The van der Waals surface area contributed by atoms with E-state index in [0.717, 1.165) is 12.0 Å². The van der Waals surface area contributed by atoms with Gasteiger partial charge in [0, 0.05) is 37.6 Å². The summed E-state index contributed by atoms with van der Waals surface area (Å²) in [4.78, 5) is 16.1. The van der Waals surface area contributed by atoms with Crippen LogP contribution >= 0.6 is 11.3 Å². The van der Waals surface area contributed by atoms with Crippen molar-refractivity contribution in [3.63, 3.8) is 0 Å². The lowest BCUT2D eigenvalue weighted by atomic mass is 9.87. The smallest absolute Gasteiger partial charge is 0.243 e. The summed E-state index contributed by atoms with van der Waals surface area (Å²) < 4.78 is 27.6. The topological polar surface area (TPSA) is 69.7 Å². The molecule has 0 radical (unpaired) electrons. The summed E-state index contributed by atoms with van der Waals surface area (Å²) in [6, 6.07) is 11.0. The van der Waals surface area contributed by atoms with E-state index in [1.165, 1.54) is 9.18 Å². The van der Waals surface area contributed by atoms with E-state index in [4.69, 9.17) is 0 Å². The van der Waals surface area contributed by atoms with Gasteiger partial charge in [-0.1, -0.05) is 39.0 Å². The zero-order valence-corrected chi connectivity index (χ0v) is 20.4. The Balaban J connectivity index is 1.52. The van der Waals surface area contributed by atoms with E-state index in [1.807, 2.05) is 30.5 Å². The molecule has 6 nitrogen and oxygen atoms in total. The Hall–Kier alpha value is -1.74. The number of amides is 1. The van der Waals surface area contributed by atoms with Crippen molar-refractivity contribution in [1.82, 2.24) is 14.5 Å². The highest BCUT2D eigenvalue weighted by molar-refractivity contribution is 7.89. The van der Waals surface area contributed by atoms with Crippen LogP contribution in [-0.2, 0) is 26.7 Å². The highest BCUT2D eigenvalue weighted by atomic mass is 32.2. The number of nitrogens with one attached hydrogen (secondary N) is 1. The van der Waals surface area contributed by atoms with Crippen molar-refractivity contribution < 1.29 is 13.2 Å². The third kappa shape index (κ3) is 5.94. The molecule has 1 aliphatic heterocycles. The molecule has 1 aromatic carbocycles. The molecule has 31 heavy (non-hydrogen) atoms. The van der Waals surface area contributed by atoms with Crippen molar-refractivity contribution >= 4 is 27.3 Å². The first-order chi connectivity index (χ1) is 14.6. The summed E-state index contributed by atoms with van der Waals surface area (Å²) in [6.45, 7) is 10.7.